The smallest absolute Gasteiger partial charge is 0.222 e. The van der Waals surface area contributed by atoms with Crippen molar-refractivity contribution in [3.63, 3.8) is 0 Å². The van der Waals surface area contributed by atoms with E-state index in [2.05, 4.69) is 17.6 Å². The Balaban J connectivity index is 1.74. The van der Waals surface area contributed by atoms with Crippen molar-refractivity contribution in [2.45, 2.75) is 58.8 Å². The molecule has 0 aliphatic carbocycles. The molecule has 2 heterocycles. The highest BCUT2D eigenvalue weighted by molar-refractivity contribution is 5.77. The van der Waals surface area contributed by atoms with Gasteiger partial charge in [-0.25, -0.2) is 0 Å². The Morgan fingerprint density at radius 1 is 1.29 bits per heavy atom. The number of hydrogen-bond donors (Lipinski definition) is 2. The van der Waals surface area contributed by atoms with Crippen LogP contribution in [0.3, 0.4) is 0 Å². The molecule has 0 aromatic heterocycles. The lowest BCUT2D eigenvalue weighted by molar-refractivity contribution is -0.134. The Morgan fingerprint density at radius 3 is 2.83 bits per heavy atom. The van der Waals surface area contributed by atoms with Crippen LogP contribution in [0.5, 0.6) is 0 Å². The van der Waals surface area contributed by atoms with Gasteiger partial charge in [0.15, 0.2) is 0 Å². The van der Waals surface area contributed by atoms with Crippen molar-refractivity contribution in [2.75, 3.05) is 32.7 Å². The first kappa shape index (κ1) is 19.2. The highest BCUT2D eigenvalue weighted by atomic mass is 16.2. The molecular formula is C19H35N3O2. The summed E-state index contributed by atoms with van der Waals surface area (Å²) in [7, 11) is 0. The average molecular weight is 338 g/mol. The molecule has 2 saturated heterocycles. The van der Waals surface area contributed by atoms with Gasteiger partial charge in [-0.05, 0) is 62.9 Å². The largest absolute Gasteiger partial charge is 0.356 e. The SMILES string of the molecule is CCCC(=O)NCC1CCCN(C(=O)CC(C)C2CCCNC2)C1. The molecule has 5 heteroatoms. The lowest BCUT2D eigenvalue weighted by Gasteiger charge is -2.35. The van der Waals surface area contributed by atoms with Crippen LogP contribution in [0.25, 0.3) is 0 Å². The lowest BCUT2D eigenvalue weighted by atomic mass is 9.85. The van der Waals surface area contributed by atoms with Crippen LogP contribution in [0, 0.1) is 17.8 Å². The number of carbonyl (C=O) groups is 2. The number of rotatable bonds is 7. The molecule has 0 spiro atoms. The topological polar surface area (TPSA) is 61.4 Å². The van der Waals surface area contributed by atoms with Gasteiger partial charge in [-0.1, -0.05) is 13.8 Å². The molecule has 2 aliphatic rings. The molecule has 2 aliphatic heterocycles. The summed E-state index contributed by atoms with van der Waals surface area (Å²) < 4.78 is 0. The standard InChI is InChI=1S/C19H35N3O2/c1-3-6-18(23)21-12-16-7-5-10-22(14-16)19(24)11-15(2)17-8-4-9-20-13-17/h15-17,20H,3-14H2,1-2H3,(H,21,23). The van der Waals surface area contributed by atoms with Crippen LogP contribution in [-0.2, 0) is 9.59 Å². The van der Waals surface area contributed by atoms with Crippen molar-refractivity contribution in [1.29, 1.82) is 0 Å². The van der Waals surface area contributed by atoms with Crippen LogP contribution < -0.4 is 10.6 Å². The van der Waals surface area contributed by atoms with Crippen LogP contribution in [-0.4, -0.2) is 49.4 Å². The molecule has 0 radical (unpaired) electrons. The molecule has 0 aromatic rings. The maximum absolute atomic E-state index is 12.7. The number of amides is 2. The minimum absolute atomic E-state index is 0.138. The van der Waals surface area contributed by atoms with E-state index in [9.17, 15) is 9.59 Å². The van der Waals surface area contributed by atoms with Gasteiger partial charge < -0.3 is 15.5 Å². The van der Waals surface area contributed by atoms with Gasteiger partial charge in [0.2, 0.25) is 11.8 Å². The number of carbonyl (C=O) groups excluding carboxylic acids is 2. The van der Waals surface area contributed by atoms with Gasteiger partial charge in [0.1, 0.15) is 0 Å². The first-order valence-corrected chi connectivity index (χ1v) is 9.85. The average Bonchev–Trinajstić information content (AvgIpc) is 2.61. The predicted molar refractivity (Wildman–Crippen MR) is 96.6 cm³/mol. The first-order chi connectivity index (χ1) is 11.6. The van der Waals surface area contributed by atoms with E-state index in [-0.39, 0.29) is 5.91 Å². The zero-order valence-corrected chi connectivity index (χ0v) is 15.5. The van der Waals surface area contributed by atoms with E-state index < -0.39 is 0 Å². The summed E-state index contributed by atoms with van der Waals surface area (Å²) in [6.45, 7) is 8.82. The van der Waals surface area contributed by atoms with Gasteiger partial charge in [0.05, 0.1) is 0 Å². The van der Waals surface area contributed by atoms with Crippen molar-refractivity contribution >= 4 is 11.8 Å². The van der Waals surface area contributed by atoms with Gasteiger partial charge in [0.25, 0.3) is 0 Å². The summed E-state index contributed by atoms with van der Waals surface area (Å²) in [5.74, 6) is 1.94. The molecular weight excluding hydrogens is 302 g/mol. The van der Waals surface area contributed by atoms with Crippen LogP contribution in [0.1, 0.15) is 58.8 Å². The molecule has 2 amide bonds. The molecule has 0 saturated carbocycles. The summed E-state index contributed by atoms with van der Waals surface area (Å²) in [5, 5.41) is 6.47. The molecule has 138 valence electrons. The number of nitrogens with zero attached hydrogens (tertiary/aromatic N) is 1. The first-order valence-electron chi connectivity index (χ1n) is 9.85. The van der Waals surface area contributed by atoms with E-state index in [0.29, 0.717) is 43.0 Å². The van der Waals surface area contributed by atoms with E-state index in [1.807, 2.05) is 11.8 Å². The Kier molecular flexibility index (Phi) is 8.03. The second-order valence-corrected chi connectivity index (χ2v) is 7.69. The zero-order valence-electron chi connectivity index (χ0n) is 15.5. The maximum atomic E-state index is 12.7. The van der Waals surface area contributed by atoms with E-state index in [1.165, 1.54) is 12.8 Å². The Hall–Kier alpha value is -1.10. The lowest BCUT2D eigenvalue weighted by Crippen LogP contribution is -2.44. The van der Waals surface area contributed by atoms with Gasteiger partial charge in [-0.3, -0.25) is 9.59 Å². The molecule has 24 heavy (non-hydrogen) atoms. The molecule has 5 nitrogen and oxygen atoms in total. The number of hydrogen-bond acceptors (Lipinski definition) is 3. The molecule has 3 atom stereocenters. The van der Waals surface area contributed by atoms with Crippen molar-refractivity contribution < 1.29 is 9.59 Å². The quantitative estimate of drug-likeness (QED) is 0.748. The van der Waals surface area contributed by atoms with Gasteiger partial charge in [0, 0.05) is 32.5 Å². The van der Waals surface area contributed by atoms with Crippen molar-refractivity contribution in [1.82, 2.24) is 15.5 Å². The molecule has 2 fully saturated rings. The highest BCUT2D eigenvalue weighted by Gasteiger charge is 2.27. The third-order valence-electron chi connectivity index (χ3n) is 5.57. The fourth-order valence-electron chi connectivity index (χ4n) is 3.97. The van der Waals surface area contributed by atoms with E-state index >= 15 is 0 Å². The Morgan fingerprint density at radius 2 is 2.12 bits per heavy atom. The Bertz CT molecular complexity index is 407. The molecule has 0 bridgehead atoms. The van der Waals surface area contributed by atoms with E-state index in [4.69, 9.17) is 0 Å². The molecule has 0 aromatic carbocycles. The fraction of sp³-hybridized carbons (Fsp3) is 0.895. The van der Waals surface area contributed by atoms with Gasteiger partial charge in [-0.15, -0.1) is 0 Å². The van der Waals surface area contributed by atoms with Crippen molar-refractivity contribution in [3.05, 3.63) is 0 Å². The van der Waals surface area contributed by atoms with E-state index in [0.717, 1.165) is 45.4 Å². The maximum Gasteiger partial charge on any atom is 0.222 e. The molecule has 2 rings (SSSR count). The number of nitrogens with one attached hydrogen (secondary N) is 2. The summed E-state index contributed by atoms with van der Waals surface area (Å²) >= 11 is 0. The van der Waals surface area contributed by atoms with Crippen LogP contribution >= 0.6 is 0 Å². The number of piperidine rings is 2. The van der Waals surface area contributed by atoms with Crippen molar-refractivity contribution in [3.8, 4) is 0 Å². The second kappa shape index (κ2) is 10.0. The van der Waals surface area contributed by atoms with E-state index in [1.54, 1.807) is 0 Å². The molecule has 2 N–H and O–H groups in total. The third-order valence-corrected chi connectivity index (χ3v) is 5.57. The van der Waals surface area contributed by atoms with Crippen LogP contribution in [0.4, 0.5) is 0 Å². The summed E-state index contributed by atoms with van der Waals surface area (Å²) in [6, 6.07) is 0. The summed E-state index contributed by atoms with van der Waals surface area (Å²) in [5.41, 5.74) is 0. The Labute approximate surface area is 146 Å². The normalized spacial score (nSPS) is 26.0. The third kappa shape index (κ3) is 6.08. The van der Waals surface area contributed by atoms with Crippen LogP contribution in [0.15, 0.2) is 0 Å². The minimum atomic E-state index is 0.138. The van der Waals surface area contributed by atoms with Gasteiger partial charge in [-0.2, -0.15) is 0 Å². The highest BCUT2D eigenvalue weighted by Crippen LogP contribution is 2.24. The predicted octanol–water partition coefficient (Wildman–Crippen LogP) is 2.17. The van der Waals surface area contributed by atoms with Gasteiger partial charge >= 0.3 is 0 Å². The molecule has 3 unspecified atom stereocenters. The number of likely N-dealkylation sites (tertiary alicyclic amines) is 1. The monoisotopic (exact) mass is 337 g/mol. The second-order valence-electron chi connectivity index (χ2n) is 7.69. The fourth-order valence-corrected chi connectivity index (χ4v) is 3.97. The van der Waals surface area contributed by atoms with Crippen LogP contribution in [0.2, 0.25) is 0 Å². The summed E-state index contributed by atoms with van der Waals surface area (Å²) in [4.78, 5) is 26.3. The summed E-state index contributed by atoms with van der Waals surface area (Å²) in [6.07, 6.45) is 6.79. The van der Waals surface area contributed by atoms with Crippen molar-refractivity contribution in [2.24, 2.45) is 17.8 Å². The minimum Gasteiger partial charge on any atom is -0.356 e. The zero-order chi connectivity index (χ0) is 17.4.